The van der Waals surface area contributed by atoms with Gasteiger partial charge in [-0.2, -0.15) is 0 Å². The molecule has 112 valence electrons. The molecule has 0 aliphatic carbocycles. The summed E-state index contributed by atoms with van der Waals surface area (Å²) in [5, 5.41) is 1.08. The molecule has 5 nitrogen and oxygen atoms in total. The third kappa shape index (κ3) is 3.06. The van der Waals surface area contributed by atoms with Crippen molar-refractivity contribution in [2.45, 2.75) is 26.7 Å². The first kappa shape index (κ1) is 14.4. The summed E-state index contributed by atoms with van der Waals surface area (Å²) in [6.45, 7) is 6.83. The number of nitrogens with zero attached hydrogens (tertiary/aromatic N) is 4. The van der Waals surface area contributed by atoms with Crippen LogP contribution in [0.3, 0.4) is 0 Å². The first-order valence-electron chi connectivity index (χ1n) is 7.40. The van der Waals surface area contributed by atoms with Crippen LogP contribution in [0.15, 0.2) is 12.3 Å². The van der Waals surface area contributed by atoms with Crippen LogP contribution in [-0.2, 0) is 0 Å². The average Bonchev–Trinajstić information content (AvgIpc) is 2.86. The normalized spacial score (nSPS) is 16.4. The summed E-state index contributed by atoms with van der Waals surface area (Å²) in [5.41, 5.74) is 7.77. The Labute approximate surface area is 129 Å². The topological polar surface area (TPSA) is 67.9 Å². The van der Waals surface area contributed by atoms with E-state index in [0.29, 0.717) is 5.92 Å². The van der Waals surface area contributed by atoms with Gasteiger partial charge in [-0.1, -0.05) is 0 Å². The predicted octanol–water partition coefficient (Wildman–Crippen LogP) is 2.39. The van der Waals surface area contributed by atoms with E-state index in [9.17, 15) is 0 Å². The number of anilines is 1. The number of nitrogens with two attached hydrogens (primary N) is 1. The van der Waals surface area contributed by atoms with Crippen LogP contribution in [0.5, 0.6) is 0 Å². The molecule has 2 N–H and O–H groups in total. The van der Waals surface area contributed by atoms with Gasteiger partial charge in [-0.05, 0) is 45.2 Å². The predicted molar refractivity (Wildman–Crippen MR) is 86.6 cm³/mol. The van der Waals surface area contributed by atoms with E-state index in [1.807, 2.05) is 26.1 Å². The zero-order valence-electron chi connectivity index (χ0n) is 12.5. The van der Waals surface area contributed by atoms with Gasteiger partial charge in [0.25, 0.3) is 0 Å². The van der Waals surface area contributed by atoms with E-state index in [1.54, 1.807) is 11.3 Å². The molecule has 0 saturated carbocycles. The zero-order valence-corrected chi connectivity index (χ0v) is 13.4. The van der Waals surface area contributed by atoms with Crippen LogP contribution in [0, 0.1) is 19.8 Å². The second kappa shape index (κ2) is 6.07. The third-order valence-electron chi connectivity index (χ3n) is 4.01. The fourth-order valence-electron chi connectivity index (χ4n) is 2.76. The van der Waals surface area contributed by atoms with E-state index in [2.05, 4.69) is 14.9 Å². The monoisotopic (exact) mass is 303 g/mol. The number of aromatic nitrogens is 3. The second-order valence-electron chi connectivity index (χ2n) is 5.56. The molecule has 0 unspecified atom stereocenters. The van der Waals surface area contributed by atoms with E-state index in [0.717, 1.165) is 59.7 Å². The lowest BCUT2D eigenvalue weighted by Crippen LogP contribution is -2.37. The maximum Gasteiger partial charge on any atom is 0.225 e. The summed E-state index contributed by atoms with van der Waals surface area (Å²) >= 11 is 1.69. The Morgan fingerprint density at radius 3 is 2.67 bits per heavy atom. The fraction of sp³-hybridized carbons (Fsp3) is 0.533. The van der Waals surface area contributed by atoms with E-state index in [-0.39, 0.29) is 0 Å². The molecular formula is C15H21N5S. The molecular weight excluding hydrogens is 282 g/mol. The molecule has 1 fully saturated rings. The van der Waals surface area contributed by atoms with Gasteiger partial charge in [0.2, 0.25) is 5.95 Å². The molecule has 0 radical (unpaired) electrons. The number of hydrogen-bond donors (Lipinski definition) is 1. The van der Waals surface area contributed by atoms with Crippen molar-refractivity contribution in [3.63, 3.8) is 0 Å². The first-order valence-corrected chi connectivity index (χ1v) is 8.21. The van der Waals surface area contributed by atoms with Gasteiger partial charge in [-0.25, -0.2) is 15.0 Å². The number of thiazole rings is 1. The van der Waals surface area contributed by atoms with Crippen molar-refractivity contribution in [2.24, 2.45) is 11.7 Å². The van der Waals surface area contributed by atoms with Gasteiger partial charge in [-0.3, -0.25) is 0 Å². The summed E-state index contributed by atoms with van der Waals surface area (Å²) < 4.78 is 0. The lowest BCUT2D eigenvalue weighted by Gasteiger charge is -2.31. The molecule has 0 aromatic carbocycles. The van der Waals surface area contributed by atoms with Gasteiger partial charge in [0.1, 0.15) is 0 Å². The minimum absolute atomic E-state index is 0.649. The maximum absolute atomic E-state index is 5.75. The Morgan fingerprint density at radius 2 is 2.05 bits per heavy atom. The van der Waals surface area contributed by atoms with Gasteiger partial charge in [-0.15, -0.1) is 11.3 Å². The molecule has 21 heavy (non-hydrogen) atoms. The van der Waals surface area contributed by atoms with Crippen molar-refractivity contribution >= 4 is 17.3 Å². The molecule has 1 saturated heterocycles. The SMILES string of the molecule is Cc1nc(C)c(-c2ccnc(N3CCC(CN)CC3)n2)s1. The van der Waals surface area contributed by atoms with Gasteiger partial charge in [0.05, 0.1) is 21.3 Å². The molecule has 2 aromatic rings. The van der Waals surface area contributed by atoms with Crippen molar-refractivity contribution in [3.8, 4) is 10.6 Å². The molecule has 3 heterocycles. The average molecular weight is 303 g/mol. The smallest absolute Gasteiger partial charge is 0.225 e. The molecule has 0 atom stereocenters. The van der Waals surface area contributed by atoms with Crippen LogP contribution in [0.25, 0.3) is 10.6 Å². The van der Waals surface area contributed by atoms with E-state index < -0.39 is 0 Å². The summed E-state index contributed by atoms with van der Waals surface area (Å²) in [5.74, 6) is 1.48. The molecule has 3 rings (SSSR count). The van der Waals surface area contributed by atoms with Crippen molar-refractivity contribution in [3.05, 3.63) is 23.0 Å². The number of aryl methyl sites for hydroxylation is 2. The Morgan fingerprint density at radius 1 is 1.29 bits per heavy atom. The highest BCUT2D eigenvalue weighted by molar-refractivity contribution is 7.15. The number of rotatable bonds is 3. The van der Waals surface area contributed by atoms with Crippen LogP contribution in [0.2, 0.25) is 0 Å². The molecule has 1 aliphatic rings. The number of piperidine rings is 1. The van der Waals surface area contributed by atoms with Crippen LogP contribution in [0.4, 0.5) is 5.95 Å². The van der Waals surface area contributed by atoms with Crippen molar-refractivity contribution < 1.29 is 0 Å². The Bertz CT molecular complexity index is 616. The lowest BCUT2D eigenvalue weighted by atomic mass is 9.97. The van der Waals surface area contributed by atoms with Crippen molar-refractivity contribution in [2.75, 3.05) is 24.5 Å². The van der Waals surface area contributed by atoms with E-state index in [4.69, 9.17) is 10.7 Å². The number of hydrogen-bond acceptors (Lipinski definition) is 6. The fourth-order valence-corrected chi connectivity index (χ4v) is 3.65. The Hall–Kier alpha value is -1.53. The highest BCUT2D eigenvalue weighted by Gasteiger charge is 2.20. The standard InChI is InChI=1S/C15H21N5S/c1-10-14(21-11(2)18-10)13-3-6-17-15(19-13)20-7-4-12(9-16)5-8-20/h3,6,12H,4-5,7-9,16H2,1-2H3. The van der Waals surface area contributed by atoms with E-state index in [1.165, 1.54) is 0 Å². The van der Waals surface area contributed by atoms with Crippen molar-refractivity contribution in [1.82, 2.24) is 15.0 Å². The van der Waals surface area contributed by atoms with Gasteiger partial charge < -0.3 is 10.6 Å². The highest BCUT2D eigenvalue weighted by atomic mass is 32.1. The van der Waals surface area contributed by atoms with E-state index >= 15 is 0 Å². The molecule has 0 spiro atoms. The molecule has 2 aromatic heterocycles. The summed E-state index contributed by atoms with van der Waals surface area (Å²) in [4.78, 5) is 17.1. The largest absolute Gasteiger partial charge is 0.341 e. The van der Waals surface area contributed by atoms with Crippen LogP contribution < -0.4 is 10.6 Å². The van der Waals surface area contributed by atoms with Gasteiger partial charge in [0, 0.05) is 19.3 Å². The second-order valence-corrected chi connectivity index (χ2v) is 6.76. The van der Waals surface area contributed by atoms with Gasteiger partial charge >= 0.3 is 0 Å². The quantitative estimate of drug-likeness (QED) is 0.943. The third-order valence-corrected chi connectivity index (χ3v) is 5.11. The summed E-state index contributed by atoms with van der Waals surface area (Å²) in [7, 11) is 0. The summed E-state index contributed by atoms with van der Waals surface area (Å²) in [6.07, 6.45) is 4.10. The summed E-state index contributed by atoms with van der Waals surface area (Å²) in [6, 6.07) is 1.97. The maximum atomic E-state index is 5.75. The van der Waals surface area contributed by atoms with Crippen molar-refractivity contribution in [1.29, 1.82) is 0 Å². The Balaban J connectivity index is 1.82. The molecule has 1 aliphatic heterocycles. The lowest BCUT2D eigenvalue weighted by molar-refractivity contribution is 0.411. The Kier molecular flexibility index (Phi) is 4.17. The van der Waals surface area contributed by atoms with Gasteiger partial charge in [0.15, 0.2) is 0 Å². The van der Waals surface area contributed by atoms with Crippen LogP contribution in [-0.4, -0.2) is 34.6 Å². The molecule has 6 heteroatoms. The minimum atomic E-state index is 0.649. The zero-order chi connectivity index (χ0) is 14.8. The minimum Gasteiger partial charge on any atom is -0.341 e. The van der Waals surface area contributed by atoms with Crippen LogP contribution >= 0.6 is 11.3 Å². The highest BCUT2D eigenvalue weighted by Crippen LogP contribution is 2.29. The molecule has 0 amide bonds. The first-order chi connectivity index (χ1) is 10.2. The van der Waals surface area contributed by atoms with Crippen LogP contribution in [0.1, 0.15) is 23.5 Å². The molecule has 0 bridgehead atoms.